The normalized spacial score (nSPS) is 20.9. The van der Waals surface area contributed by atoms with Gasteiger partial charge in [-0.25, -0.2) is 8.42 Å². The molecular weight excluding hydrogens is 276 g/mol. The molecule has 0 saturated carbocycles. The van der Waals surface area contributed by atoms with E-state index < -0.39 is 15.8 Å². The van der Waals surface area contributed by atoms with E-state index >= 15 is 0 Å². The largest absolute Gasteiger partial charge is 0.360 e. The van der Waals surface area contributed by atoms with Crippen molar-refractivity contribution in [2.75, 3.05) is 11.5 Å². The monoisotopic (exact) mass is 288 g/mol. The highest BCUT2D eigenvalue weighted by molar-refractivity contribution is 7.91. The van der Waals surface area contributed by atoms with Crippen molar-refractivity contribution in [3.8, 4) is 6.07 Å². The Hall–Kier alpha value is -2.13. The van der Waals surface area contributed by atoms with Crippen LogP contribution in [0.4, 0.5) is 0 Å². The smallest absolute Gasteiger partial charge is 0.169 e. The van der Waals surface area contributed by atoms with Gasteiger partial charge < -0.3 is 4.98 Å². The summed E-state index contributed by atoms with van der Waals surface area (Å²) in [5.74, 6) is -0.622. The van der Waals surface area contributed by atoms with E-state index in [4.69, 9.17) is 5.26 Å². The van der Waals surface area contributed by atoms with E-state index in [0.29, 0.717) is 22.9 Å². The van der Waals surface area contributed by atoms with Crippen molar-refractivity contribution in [2.24, 2.45) is 5.92 Å². The first-order valence-corrected chi connectivity index (χ1v) is 8.08. The molecule has 1 aromatic carbocycles. The van der Waals surface area contributed by atoms with Crippen molar-refractivity contribution in [1.82, 2.24) is 4.98 Å². The summed E-state index contributed by atoms with van der Waals surface area (Å²) >= 11 is 0. The molecule has 0 radical (unpaired) electrons. The molecule has 2 heterocycles. The molecule has 6 heteroatoms. The third kappa shape index (κ3) is 2.10. The Morgan fingerprint density at radius 2 is 2.20 bits per heavy atom. The van der Waals surface area contributed by atoms with Gasteiger partial charge in [0.2, 0.25) is 0 Å². The van der Waals surface area contributed by atoms with E-state index in [-0.39, 0.29) is 17.3 Å². The molecule has 0 spiro atoms. The quantitative estimate of drug-likeness (QED) is 0.851. The number of carbonyl (C=O) groups is 1. The average Bonchev–Trinajstić information content (AvgIpc) is 3.00. The standard InChI is InChI=1S/C14H12N2O3S/c15-6-9-1-2-13-11(5-9)12(7-16-13)14(17)10-3-4-20(18,19)8-10/h1-2,5,7,10,16H,3-4,8H2. The zero-order valence-electron chi connectivity index (χ0n) is 10.6. The molecule has 1 aliphatic heterocycles. The zero-order chi connectivity index (χ0) is 14.3. The van der Waals surface area contributed by atoms with E-state index in [1.54, 1.807) is 24.4 Å². The number of sulfone groups is 1. The van der Waals surface area contributed by atoms with Crippen molar-refractivity contribution < 1.29 is 13.2 Å². The Morgan fingerprint density at radius 3 is 2.85 bits per heavy atom. The number of benzene rings is 1. The second kappa shape index (κ2) is 4.46. The minimum absolute atomic E-state index is 0.0730. The number of carbonyl (C=O) groups excluding carboxylic acids is 1. The van der Waals surface area contributed by atoms with Crippen LogP contribution in [0.3, 0.4) is 0 Å². The maximum Gasteiger partial charge on any atom is 0.169 e. The van der Waals surface area contributed by atoms with Crippen molar-refractivity contribution >= 4 is 26.5 Å². The van der Waals surface area contributed by atoms with E-state index in [1.807, 2.05) is 6.07 Å². The van der Waals surface area contributed by atoms with Crippen molar-refractivity contribution in [3.63, 3.8) is 0 Å². The Morgan fingerprint density at radius 1 is 1.40 bits per heavy atom. The molecule has 102 valence electrons. The van der Waals surface area contributed by atoms with Crippen LogP contribution in [0, 0.1) is 17.2 Å². The average molecular weight is 288 g/mol. The van der Waals surface area contributed by atoms with Crippen LogP contribution in [-0.2, 0) is 9.84 Å². The van der Waals surface area contributed by atoms with Crippen LogP contribution in [0.2, 0.25) is 0 Å². The van der Waals surface area contributed by atoms with Gasteiger partial charge in [0.1, 0.15) is 0 Å². The van der Waals surface area contributed by atoms with Crippen molar-refractivity contribution in [1.29, 1.82) is 5.26 Å². The van der Waals surface area contributed by atoms with Crippen LogP contribution in [0.15, 0.2) is 24.4 Å². The van der Waals surface area contributed by atoms with E-state index in [0.717, 1.165) is 5.52 Å². The van der Waals surface area contributed by atoms with Crippen LogP contribution in [0.5, 0.6) is 0 Å². The summed E-state index contributed by atoms with van der Waals surface area (Å²) in [6, 6.07) is 7.11. The molecule has 20 heavy (non-hydrogen) atoms. The molecule has 5 nitrogen and oxygen atoms in total. The number of ketones is 1. The van der Waals surface area contributed by atoms with Gasteiger partial charge in [0.25, 0.3) is 0 Å². The molecule has 1 atom stereocenters. The van der Waals surface area contributed by atoms with Crippen LogP contribution in [-0.4, -0.2) is 30.7 Å². The Labute approximate surface area is 116 Å². The number of aromatic amines is 1. The summed E-state index contributed by atoms with van der Waals surface area (Å²) in [5, 5.41) is 9.60. The lowest BCUT2D eigenvalue weighted by Crippen LogP contribution is -2.15. The molecule has 2 aromatic rings. The Kier molecular flexibility index (Phi) is 2.87. The molecule has 1 N–H and O–H groups in total. The summed E-state index contributed by atoms with van der Waals surface area (Å²) in [4.78, 5) is 15.4. The second-order valence-corrected chi connectivity index (χ2v) is 7.27. The van der Waals surface area contributed by atoms with Gasteiger partial charge in [-0.1, -0.05) is 0 Å². The molecular formula is C14H12N2O3S. The summed E-state index contributed by atoms with van der Waals surface area (Å²) < 4.78 is 23.0. The predicted octanol–water partition coefficient (Wildman–Crippen LogP) is 1.66. The lowest BCUT2D eigenvalue weighted by atomic mass is 9.96. The number of rotatable bonds is 2. The topological polar surface area (TPSA) is 90.8 Å². The molecule has 0 aliphatic carbocycles. The highest BCUT2D eigenvalue weighted by Crippen LogP contribution is 2.27. The molecule has 0 bridgehead atoms. The Bertz CT molecular complexity index is 843. The van der Waals surface area contributed by atoms with E-state index in [9.17, 15) is 13.2 Å². The first-order valence-electron chi connectivity index (χ1n) is 6.26. The van der Waals surface area contributed by atoms with Crippen molar-refractivity contribution in [2.45, 2.75) is 6.42 Å². The molecule has 0 amide bonds. The second-order valence-electron chi connectivity index (χ2n) is 5.04. The van der Waals surface area contributed by atoms with Crippen LogP contribution < -0.4 is 0 Å². The number of hydrogen-bond donors (Lipinski definition) is 1. The maximum absolute atomic E-state index is 12.4. The number of aromatic nitrogens is 1. The Balaban J connectivity index is 2.02. The van der Waals surface area contributed by atoms with Crippen molar-refractivity contribution in [3.05, 3.63) is 35.5 Å². The maximum atomic E-state index is 12.4. The third-order valence-corrected chi connectivity index (χ3v) is 5.45. The summed E-state index contributed by atoms with van der Waals surface area (Å²) in [6.07, 6.45) is 1.98. The highest BCUT2D eigenvalue weighted by Gasteiger charge is 2.34. The minimum atomic E-state index is -3.08. The van der Waals surface area contributed by atoms with Crippen LogP contribution >= 0.6 is 0 Å². The van der Waals surface area contributed by atoms with E-state index in [2.05, 4.69) is 4.98 Å². The first kappa shape index (κ1) is 12.9. The lowest BCUT2D eigenvalue weighted by molar-refractivity contribution is 0.0935. The first-order chi connectivity index (χ1) is 9.50. The number of Topliss-reactive ketones (excluding diaryl/α,β-unsaturated/α-hetero) is 1. The molecule has 1 aliphatic rings. The van der Waals surface area contributed by atoms with Gasteiger partial charge in [0.15, 0.2) is 15.6 Å². The fourth-order valence-corrected chi connectivity index (χ4v) is 4.36. The fourth-order valence-electron chi connectivity index (χ4n) is 2.62. The van der Waals surface area contributed by atoms with Gasteiger partial charge in [0.05, 0.1) is 23.1 Å². The summed E-state index contributed by atoms with van der Waals surface area (Å²) in [7, 11) is -3.08. The number of fused-ring (bicyclic) bond motifs is 1. The number of nitrogens with zero attached hydrogens (tertiary/aromatic N) is 1. The predicted molar refractivity (Wildman–Crippen MR) is 74.1 cm³/mol. The van der Waals surface area contributed by atoms with E-state index in [1.165, 1.54) is 0 Å². The highest BCUT2D eigenvalue weighted by atomic mass is 32.2. The van der Waals surface area contributed by atoms with Crippen LogP contribution in [0.1, 0.15) is 22.3 Å². The SMILES string of the molecule is N#Cc1ccc2[nH]cc(C(=O)C3CCS(=O)(=O)C3)c2c1. The van der Waals surface area contributed by atoms with Crippen LogP contribution in [0.25, 0.3) is 10.9 Å². The lowest BCUT2D eigenvalue weighted by Gasteiger charge is -2.05. The number of hydrogen-bond acceptors (Lipinski definition) is 4. The van der Waals surface area contributed by atoms with Gasteiger partial charge >= 0.3 is 0 Å². The fraction of sp³-hybridized carbons (Fsp3) is 0.286. The van der Waals surface area contributed by atoms with Gasteiger partial charge in [-0.3, -0.25) is 4.79 Å². The molecule has 1 aromatic heterocycles. The third-order valence-electron chi connectivity index (χ3n) is 3.68. The molecule has 3 rings (SSSR count). The van der Waals surface area contributed by atoms with Gasteiger partial charge in [-0.05, 0) is 24.6 Å². The zero-order valence-corrected chi connectivity index (χ0v) is 11.4. The number of nitrogens with one attached hydrogen (secondary N) is 1. The minimum Gasteiger partial charge on any atom is -0.360 e. The van der Waals surface area contributed by atoms with Gasteiger partial charge in [-0.2, -0.15) is 5.26 Å². The van der Waals surface area contributed by atoms with Gasteiger partial charge in [-0.15, -0.1) is 0 Å². The summed E-state index contributed by atoms with van der Waals surface area (Å²) in [6.45, 7) is 0. The van der Waals surface area contributed by atoms with Gasteiger partial charge in [0, 0.05) is 28.6 Å². The molecule has 1 fully saturated rings. The summed E-state index contributed by atoms with van der Waals surface area (Å²) in [5.41, 5.74) is 1.72. The molecule has 1 unspecified atom stereocenters. The molecule has 1 saturated heterocycles. The number of H-pyrrole nitrogens is 1. The number of nitriles is 1.